The van der Waals surface area contributed by atoms with Crippen LogP contribution >= 0.6 is 22.9 Å². The van der Waals surface area contributed by atoms with E-state index in [-0.39, 0.29) is 11.7 Å². The van der Waals surface area contributed by atoms with Crippen molar-refractivity contribution in [3.8, 4) is 16.9 Å². The Morgan fingerprint density at radius 3 is 2.52 bits per heavy atom. The van der Waals surface area contributed by atoms with Crippen molar-refractivity contribution in [2.75, 3.05) is 5.32 Å². The Hall–Kier alpha value is -2.83. The molecule has 1 aliphatic rings. The number of anilines is 1. The lowest BCUT2D eigenvalue weighted by Gasteiger charge is -2.40. The Kier molecular flexibility index (Phi) is 5.30. The van der Waals surface area contributed by atoms with Crippen molar-refractivity contribution < 1.29 is 9.53 Å². The summed E-state index contributed by atoms with van der Waals surface area (Å²) < 4.78 is 6.06. The number of nitrogens with two attached hydrogens (primary N) is 1. The first-order chi connectivity index (χ1) is 13.9. The molecule has 2 aromatic carbocycles. The van der Waals surface area contributed by atoms with Gasteiger partial charge in [-0.3, -0.25) is 10.2 Å². The molecule has 5 nitrogen and oxygen atoms in total. The quantitative estimate of drug-likeness (QED) is 0.370. The number of amides is 1. The fourth-order valence-corrected chi connectivity index (χ4v) is 4.16. The van der Waals surface area contributed by atoms with Crippen LogP contribution in [-0.2, 0) is 4.79 Å². The summed E-state index contributed by atoms with van der Waals surface area (Å²) in [5.41, 5.74) is 7.32. The first kappa shape index (κ1) is 19.5. The van der Waals surface area contributed by atoms with Crippen LogP contribution in [0.2, 0.25) is 5.02 Å². The molecule has 148 valence electrons. The molecule has 7 heteroatoms. The number of ether oxygens (including phenoxy) is 1. The summed E-state index contributed by atoms with van der Waals surface area (Å²) in [5, 5.41) is 13.1. The number of rotatable bonds is 6. The molecule has 0 saturated heterocycles. The third kappa shape index (κ3) is 4.13. The molecule has 0 radical (unpaired) electrons. The van der Waals surface area contributed by atoms with Crippen molar-refractivity contribution in [2.45, 2.75) is 24.9 Å². The normalized spacial score (nSPS) is 14.7. The Morgan fingerprint density at radius 1 is 1.14 bits per heavy atom. The fraction of sp³-hybridized carbons (Fsp3) is 0.182. The summed E-state index contributed by atoms with van der Waals surface area (Å²) in [7, 11) is 0. The van der Waals surface area contributed by atoms with Crippen LogP contribution in [-0.4, -0.2) is 17.3 Å². The van der Waals surface area contributed by atoms with Gasteiger partial charge in [0, 0.05) is 10.7 Å². The van der Waals surface area contributed by atoms with Crippen LogP contribution in [0, 0.1) is 5.41 Å². The molecule has 0 bridgehead atoms. The Labute approximate surface area is 178 Å². The predicted molar refractivity (Wildman–Crippen MR) is 118 cm³/mol. The first-order valence-corrected chi connectivity index (χ1v) is 10.5. The van der Waals surface area contributed by atoms with Gasteiger partial charge in [0.15, 0.2) is 5.60 Å². The van der Waals surface area contributed by atoms with E-state index in [1.807, 2.05) is 35.7 Å². The topological polar surface area (TPSA) is 88.2 Å². The van der Waals surface area contributed by atoms with Crippen molar-refractivity contribution >= 4 is 40.4 Å². The highest BCUT2D eigenvalue weighted by Gasteiger charge is 2.46. The third-order valence-corrected chi connectivity index (χ3v) is 6.24. The molecule has 3 aromatic rings. The van der Waals surface area contributed by atoms with Crippen molar-refractivity contribution in [3.05, 3.63) is 69.9 Å². The SMILES string of the molecule is N=C(N)c1cc(-c2cccc(NC(=O)C3(Oc4ccc(Cl)cc4)CCC3)c2)cs1. The third-order valence-electron chi connectivity index (χ3n) is 5.02. The van der Waals surface area contributed by atoms with Crippen molar-refractivity contribution in [3.63, 3.8) is 0 Å². The number of carbonyl (C=O) groups excluding carboxylic acids is 1. The fourth-order valence-electron chi connectivity index (χ4n) is 3.25. The van der Waals surface area contributed by atoms with Gasteiger partial charge < -0.3 is 15.8 Å². The Bertz CT molecular complexity index is 1060. The minimum Gasteiger partial charge on any atom is -0.477 e. The Balaban J connectivity index is 1.51. The molecule has 4 rings (SSSR count). The van der Waals surface area contributed by atoms with Gasteiger partial charge in [-0.05, 0) is 78.2 Å². The van der Waals surface area contributed by atoms with Crippen LogP contribution in [0.25, 0.3) is 11.1 Å². The molecular formula is C22H20ClN3O2S. The van der Waals surface area contributed by atoms with E-state index in [1.165, 1.54) is 11.3 Å². The van der Waals surface area contributed by atoms with Crippen molar-refractivity contribution in [1.29, 1.82) is 5.41 Å². The smallest absolute Gasteiger partial charge is 0.268 e. The monoisotopic (exact) mass is 425 g/mol. The minimum absolute atomic E-state index is 0.0528. The van der Waals surface area contributed by atoms with E-state index in [4.69, 9.17) is 27.5 Å². The van der Waals surface area contributed by atoms with Crippen LogP contribution in [0.3, 0.4) is 0 Å². The maximum absolute atomic E-state index is 13.0. The first-order valence-electron chi connectivity index (χ1n) is 9.25. The number of amidine groups is 1. The zero-order chi connectivity index (χ0) is 20.4. The molecule has 0 aliphatic heterocycles. The number of thiophene rings is 1. The van der Waals surface area contributed by atoms with E-state index in [9.17, 15) is 4.79 Å². The number of nitrogen functional groups attached to an aromatic ring is 1. The number of halogens is 1. The van der Waals surface area contributed by atoms with E-state index >= 15 is 0 Å². The summed E-state index contributed by atoms with van der Waals surface area (Å²) in [6, 6.07) is 16.6. The van der Waals surface area contributed by atoms with E-state index in [0.29, 0.717) is 29.3 Å². The summed E-state index contributed by atoms with van der Waals surface area (Å²) in [4.78, 5) is 13.7. The highest BCUT2D eigenvalue weighted by molar-refractivity contribution is 7.12. The summed E-state index contributed by atoms with van der Waals surface area (Å²) in [5.74, 6) is 0.538. The van der Waals surface area contributed by atoms with E-state index in [2.05, 4.69) is 5.32 Å². The van der Waals surface area contributed by atoms with Crippen LogP contribution in [0.15, 0.2) is 60.0 Å². The molecule has 1 fully saturated rings. The molecule has 1 saturated carbocycles. The van der Waals surface area contributed by atoms with Gasteiger partial charge in [0.25, 0.3) is 5.91 Å². The van der Waals surface area contributed by atoms with Crippen LogP contribution < -0.4 is 15.8 Å². The maximum Gasteiger partial charge on any atom is 0.268 e. The summed E-state index contributed by atoms with van der Waals surface area (Å²) in [6.07, 6.45) is 2.30. The maximum atomic E-state index is 13.0. The lowest BCUT2D eigenvalue weighted by Crippen LogP contribution is -2.53. The zero-order valence-electron chi connectivity index (χ0n) is 15.6. The van der Waals surface area contributed by atoms with Gasteiger partial charge in [-0.15, -0.1) is 11.3 Å². The second-order valence-corrected chi connectivity index (χ2v) is 8.40. The lowest BCUT2D eigenvalue weighted by atomic mass is 9.79. The van der Waals surface area contributed by atoms with Crippen LogP contribution in [0.5, 0.6) is 5.75 Å². The highest BCUT2D eigenvalue weighted by atomic mass is 35.5. The predicted octanol–water partition coefficient (Wildman–Crippen LogP) is 5.29. The average Bonchev–Trinajstić information content (AvgIpc) is 3.17. The molecule has 1 aromatic heterocycles. The van der Waals surface area contributed by atoms with Gasteiger partial charge in [0.2, 0.25) is 0 Å². The lowest BCUT2D eigenvalue weighted by molar-refractivity contribution is -0.138. The highest BCUT2D eigenvalue weighted by Crippen LogP contribution is 2.38. The number of hydrogen-bond donors (Lipinski definition) is 3. The molecule has 1 heterocycles. The van der Waals surface area contributed by atoms with Crippen molar-refractivity contribution in [1.82, 2.24) is 0 Å². The molecule has 1 amide bonds. The summed E-state index contributed by atoms with van der Waals surface area (Å²) in [6.45, 7) is 0. The molecule has 0 spiro atoms. The van der Waals surface area contributed by atoms with E-state index < -0.39 is 5.60 Å². The molecular weight excluding hydrogens is 406 g/mol. The van der Waals surface area contributed by atoms with E-state index in [1.54, 1.807) is 24.3 Å². The van der Waals surface area contributed by atoms with Gasteiger partial charge >= 0.3 is 0 Å². The molecule has 29 heavy (non-hydrogen) atoms. The van der Waals surface area contributed by atoms with Crippen LogP contribution in [0.4, 0.5) is 5.69 Å². The van der Waals surface area contributed by atoms with Gasteiger partial charge in [-0.25, -0.2) is 0 Å². The van der Waals surface area contributed by atoms with Gasteiger partial charge in [-0.2, -0.15) is 0 Å². The standard InChI is InChI=1S/C22H20ClN3O2S/c23-16-5-7-18(8-6-16)28-22(9-2-10-22)21(27)26-17-4-1-3-14(11-17)15-12-19(20(24)25)29-13-15/h1,3-8,11-13H,2,9-10H2,(H3,24,25)(H,26,27). The van der Waals surface area contributed by atoms with Gasteiger partial charge in [0.1, 0.15) is 11.6 Å². The largest absolute Gasteiger partial charge is 0.477 e. The minimum atomic E-state index is -0.853. The summed E-state index contributed by atoms with van der Waals surface area (Å²) >= 11 is 7.36. The van der Waals surface area contributed by atoms with Crippen molar-refractivity contribution in [2.24, 2.45) is 5.73 Å². The number of nitrogens with one attached hydrogen (secondary N) is 2. The number of carbonyl (C=O) groups is 1. The molecule has 0 unspecified atom stereocenters. The molecule has 4 N–H and O–H groups in total. The average molecular weight is 426 g/mol. The number of hydrogen-bond acceptors (Lipinski definition) is 4. The molecule has 0 atom stereocenters. The van der Waals surface area contributed by atoms with Gasteiger partial charge in [-0.1, -0.05) is 23.7 Å². The van der Waals surface area contributed by atoms with E-state index in [0.717, 1.165) is 22.4 Å². The second-order valence-electron chi connectivity index (χ2n) is 7.05. The Morgan fingerprint density at radius 2 is 1.90 bits per heavy atom. The van der Waals surface area contributed by atoms with Crippen LogP contribution in [0.1, 0.15) is 24.1 Å². The zero-order valence-corrected chi connectivity index (χ0v) is 17.1. The van der Waals surface area contributed by atoms with Gasteiger partial charge in [0.05, 0.1) is 4.88 Å². The number of benzene rings is 2. The molecule has 1 aliphatic carbocycles. The second kappa shape index (κ2) is 7.89.